The lowest BCUT2D eigenvalue weighted by Gasteiger charge is -2.36. The summed E-state index contributed by atoms with van der Waals surface area (Å²) < 4.78 is 0. The molecule has 6 rings (SSSR count). The van der Waals surface area contributed by atoms with Crippen molar-refractivity contribution >= 4 is 35.0 Å². The van der Waals surface area contributed by atoms with Crippen molar-refractivity contribution in [2.24, 2.45) is 23.7 Å². The van der Waals surface area contributed by atoms with Gasteiger partial charge in [-0.25, -0.2) is 0 Å². The summed E-state index contributed by atoms with van der Waals surface area (Å²) in [4.78, 5) is 61.9. The highest BCUT2D eigenvalue weighted by atomic mass is 16.2. The van der Waals surface area contributed by atoms with Crippen molar-refractivity contribution in [1.82, 2.24) is 19.6 Å². The number of likely N-dealkylation sites (tertiary alicyclic amines) is 2. The van der Waals surface area contributed by atoms with Crippen molar-refractivity contribution in [3.8, 4) is 11.1 Å². The highest BCUT2D eigenvalue weighted by Crippen LogP contribution is 2.33. The predicted octanol–water partition coefficient (Wildman–Crippen LogP) is 6.73. The Bertz CT molecular complexity index is 1440. The van der Waals surface area contributed by atoms with Crippen LogP contribution in [0, 0.1) is 23.7 Å². The SMILES string of the molecule is CCN(CC)C1CCC(C(=O)N2CC[C@@H](C(=O)Nc3ccc(-c4ccc(NC(=O)[C@H]5CCN(C(=O)C6CCC(N(CC)CC)CC6)C5)cc4)cc3)C2)CC1. The molecule has 10 heteroatoms. The summed E-state index contributed by atoms with van der Waals surface area (Å²) in [5.41, 5.74) is 3.50. The summed E-state index contributed by atoms with van der Waals surface area (Å²) in [6, 6.07) is 16.8. The molecule has 2 N–H and O–H groups in total. The Morgan fingerprint density at radius 1 is 0.500 bits per heavy atom. The molecule has 2 aliphatic carbocycles. The van der Waals surface area contributed by atoms with Crippen LogP contribution in [0.25, 0.3) is 11.1 Å². The van der Waals surface area contributed by atoms with E-state index >= 15 is 0 Å². The third kappa shape index (κ3) is 9.54. The van der Waals surface area contributed by atoms with E-state index in [-0.39, 0.29) is 47.3 Å². The van der Waals surface area contributed by atoms with Gasteiger partial charge in [-0.15, -0.1) is 0 Å². The van der Waals surface area contributed by atoms with Gasteiger partial charge in [-0.2, -0.15) is 0 Å². The van der Waals surface area contributed by atoms with Crippen molar-refractivity contribution in [2.45, 2.75) is 104 Å². The number of carbonyl (C=O) groups excluding carboxylic acids is 4. The van der Waals surface area contributed by atoms with Crippen molar-refractivity contribution < 1.29 is 19.2 Å². The Morgan fingerprint density at radius 3 is 1.15 bits per heavy atom. The molecule has 0 unspecified atom stereocenters. The van der Waals surface area contributed by atoms with Crippen molar-refractivity contribution in [2.75, 3.05) is 63.0 Å². The molecular weight excluding hydrogens is 677 g/mol. The quantitative estimate of drug-likeness (QED) is 0.236. The molecule has 4 amide bonds. The number of rotatable bonds is 13. The lowest BCUT2D eigenvalue weighted by Crippen LogP contribution is -2.42. The fourth-order valence-corrected chi connectivity index (χ4v) is 9.70. The van der Waals surface area contributed by atoms with E-state index in [1.54, 1.807) is 0 Å². The van der Waals surface area contributed by atoms with E-state index < -0.39 is 0 Å². The molecule has 2 saturated heterocycles. The molecule has 2 aliphatic heterocycles. The maximum atomic E-state index is 13.3. The molecule has 10 nitrogen and oxygen atoms in total. The maximum absolute atomic E-state index is 13.3. The third-order valence-corrected chi connectivity index (χ3v) is 13.1. The second kappa shape index (κ2) is 18.7. The number of nitrogens with one attached hydrogen (secondary N) is 2. The van der Waals surface area contributed by atoms with Gasteiger partial charge in [-0.05, 0) is 126 Å². The lowest BCUT2D eigenvalue weighted by molar-refractivity contribution is -0.137. The summed E-state index contributed by atoms with van der Waals surface area (Å²) in [5.74, 6) is 0.182. The van der Waals surface area contributed by atoms with Crippen molar-refractivity contribution in [3.63, 3.8) is 0 Å². The zero-order valence-corrected chi connectivity index (χ0v) is 33.2. The van der Waals surface area contributed by atoms with E-state index in [0.717, 1.165) is 100 Å². The number of benzene rings is 2. The third-order valence-electron chi connectivity index (χ3n) is 13.1. The Balaban J connectivity index is 0.921. The molecule has 4 aliphatic rings. The topological polar surface area (TPSA) is 105 Å². The minimum absolute atomic E-state index is 0.0314. The zero-order valence-electron chi connectivity index (χ0n) is 33.2. The van der Waals surface area contributed by atoms with Crippen LogP contribution in [0.2, 0.25) is 0 Å². The molecule has 2 aromatic rings. The average Bonchev–Trinajstić information content (AvgIpc) is 3.92. The maximum Gasteiger partial charge on any atom is 0.229 e. The summed E-state index contributed by atoms with van der Waals surface area (Å²) in [6.45, 7) is 15.4. The van der Waals surface area contributed by atoms with Crippen LogP contribution in [0.1, 0.15) is 91.9 Å². The summed E-state index contributed by atoms with van der Waals surface area (Å²) in [6.07, 6.45) is 9.48. The van der Waals surface area contributed by atoms with Gasteiger partial charge in [-0.3, -0.25) is 19.2 Å². The van der Waals surface area contributed by atoms with Crippen LogP contribution in [-0.2, 0) is 19.2 Å². The van der Waals surface area contributed by atoms with Gasteiger partial charge < -0.3 is 30.2 Å². The van der Waals surface area contributed by atoms with Gasteiger partial charge in [0.25, 0.3) is 0 Å². The van der Waals surface area contributed by atoms with Crippen LogP contribution < -0.4 is 10.6 Å². The van der Waals surface area contributed by atoms with E-state index in [0.29, 0.717) is 51.1 Å². The number of amides is 4. The fraction of sp³-hybridized carbons (Fsp3) is 0.636. The smallest absolute Gasteiger partial charge is 0.229 e. The molecule has 4 fully saturated rings. The average molecular weight is 741 g/mol. The van der Waals surface area contributed by atoms with E-state index in [9.17, 15) is 19.2 Å². The minimum Gasteiger partial charge on any atom is -0.342 e. The Kier molecular flexibility index (Phi) is 13.8. The summed E-state index contributed by atoms with van der Waals surface area (Å²) in [7, 11) is 0. The molecule has 0 spiro atoms. The number of carbonyl (C=O) groups is 4. The van der Waals surface area contributed by atoms with Crippen LogP contribution in [0.15, 0.2) is 48.5 Å². The number of hydrogen-bond acceptors (Lipinski definition) is 6. The molecule has 0 bridgehead atoms. The molecule has 294 valence electrons. The van der Waals surface area contributed by atoms with Gasteiger partial charge in [0.2, 0.25) is 23.6 Å². The Labute approximate surface area is 323 Å². The molecule has 2 aromatic carbocycles. The van der Waals surface area contributed by atoms with Gasteiger partial charge in [0.1, 0.15) is 0 Å². The lowest BCUT2D eigenvalue weighted by atomic mass is 9.84. The van der Waals surface area contributed by atoms with E-state index in [4.69, 9.17) is 0 Å². The number of hydrogen-bond donors (Lipinski definition) is 2. The first-order valence-electron chi connectivity index (χ1n) is 21.1. The molecule has 0 aromatic heterocycles. The monoisotopic (exact) mass is 740 g/mol. The molecule has 2 heterocycles. The van der Waals surface area contributed by atoms with E-state index in [1.165, 1.54) is 0 Å². The first-order chi connectivity index (χ1) is 26.2. The van der Waals surface area contributed by atoms with E-state index in [1.807, 2.05) is 58.3 Å². The molecule has 54 heavy (non-hydrogen) atoms. The van der Waals surface area contributed by atoms with Gasteiger partial charge in [0, 0.05) is 61.5 Å². The predicted molar refractivity (Wildman–Crippen MR) is 216 cm³/mol. The molecule has 0 radical (unpaired) electrons. The summed E-state index contributed by atoms with van der Waals surface area (Å²) in [5, 5.41) is 6.14. The normalized spacial score (nSPS) is 26.0. The van der Waals surface area contributed by atoms with Crippen LogP contribution >= 0.6 is 0 Å². The van der Waals surface area contributed by atoms with Crippen molar-refractivity contribution in [1.29, 1.82) is 0 Å². The van der Waals surface area contributed by atoms with Crippen LogP contribution in [0.5, 0.6) is 0 Å². The van der Waals surface area contributed by atoms with Gasteiger partial charge in [0.15, 0.2) is 0 Å². The first-order valence-corrected chi connectivity index (χ1v) is 21.1. The molecular formula is C44H64N6O4. The number of anilines is 2. The fourth-order valence-electron chi connectivity index (χ4n) is 9.70. The van der Waals surface area contributed by atoms with Gasteiger partial charge in [-0.1, -0.05) is 52.0 Å². The number of nitrogens with zero attached hydrogens (tertiary/aromatic N) is 4. The van der Waals surface area contributed by atoms with Crippen LogP contribution in [0.3, 0.4) is 0 Å². The van der Waals surface area contributed by atoms with Crippen molar-refractivity contribution in [3.05, 3.63) is 48.5 Å². The van der Waals surface area contributed by atoms with Gasteiger partial charge >= 0.3 is 0 Å². The Hall–Kier alpha value is -3.76. The summed E-state index contributed by atoms with van der Waals surface area (Å²) >= 11 is 0. The van der Waals surface area contributed by atoms with E-state index in [2.05, 4.69) is 48.1 Å². The molecule has 2 saturated carbocycles. The standard InChI is InChI=1S/C44H64N6O4/c1-5-47(6-2)39-21-13-33(14-22-39)43(53)49-27-25-35(29-49)41(51)45-37-17-9-31(10-18-37)32-11-19-38(20-12-32)46-42(52)36-26-28-50(30-36)44(54)34-15-23-40(24-16-34)48(7-3)8-4/h9-12,17-20,33-36,39-40H,5-8,13-16,21-30H2,1-4H3,(H,45,51)(H,46,52)/t33?,34?,35-,36+,39?,40?. The zero-order chi connectivity index (χ0) is 38.2. The Morgan fingerprint density at radius 2 is 0.833 bits per heavy atom. The minimum atomic E-state index is -0.196. The van der Waals surface area contributed by atoms with Crippen LogP contribution in [0.4, 0.5) is 11.4 Å². The van der Waals surface area contributed by atoms with Gasteiger partial charge in [0.05, 0.1) is 11.8 Å². The second-order valence-corrected chi connectivity index (χ2v) is 16.1. The largest absolute Gasteiger partial charge is 0.342 e. The highest BCUT2D eigenvalue weighted by molar-refractivity contribution is 5.95. The first kappa shape index (κ1) is 39.9. The highest BCUT2D eigenvalue weighted by Gasteiger charge is 2.38. The van der Waals surface area contributed by atoms with Crippen LogP contribution in [-0.4, -0.2) is 108 Å². The second-order valence-electron chi connectivity index (χ2n) is 16.1. The molecule has 2 atom stereocenters.